The van der Waals surface area contributed by atoms with E-state index in [9.17, 15) is 5.11 Å². The lowest BCUT2D eigenvalue weighted by Gasteiger charge is -2.13. The summed E-state index contributed by atoms with van der Waals surface area (Å²) in [4.78, 5) is 0. The summed E-state index contributed by atoms with van der Waals surface area (Å²) in [5, 5.41) is 18.5. The Bertz CT molecular complexity index is 1680. The van der Waals surface area contributed by atoms with Crippen molar-refractivity contribution in [3.05, 3.63) is 88.9 Å². The highest BCUT2D eigenvalue weighted by molar-refractivity contribution is 6.40. The lowest BCUT2D eigenvalue weighted by atomic mass is 9.91. The maximum absolute atomic E-state index is 11.0. The first-order valence-electron chi connectivity index (χ1n) is 10.0. The van der Waals surface area contributed by atoms with Gasteiger partial charge >= 0.3 is 0 Å². The Kier molecular flexibility index (Phi) is 3.98. The summed E-state index contributed by atoms with van der Waals surface area (Å²) in [6.45, 7) is 0. The first-order valence-corrected chi connectivity index (χ1v) is 10.8. The number of rotatable bonds is 1. The molecule has 0 aliphatic carbocycles. The van der Waals surface area contributed by atoms with Crippen molar-refractivity contribution >= 4 is 66.6 Å². The van der Waals surface area contributed by atoms with Gasteiger partial charge in [-0.1, -0.05) is 77.8 Å². The minimum Gasteiger partial charge on any atom is -0.507 e. The highest BCUT2D eigenvalue weighted by Gasteiger charge is 2.21. The average Bonchev–Trinajstić information content (AvgIpc) is 3.06. The first kappa shape index (κ1) is 18.6. The Balaban J connectivity index is 1.94. The van der Waals surface area contributed by atoms with E-state index in [0.717, 1.165) is 54.5 Å². The number of benzene rings is 5. The SMILES string of the molecule is Cn1c2c(Cl)cc(Cl)cc2c2c(-c3c(O)ccc4ccccc34)cc3ccccc3c21. The fraction of sp³-hybridized carbons (Fsp3) is 0.0370. The predicted molar refractivity (Wildman–Crippen MR) is 133 cm³/mol. The molecule has 6 rings (SSSR count). The second-order valence-electron chi connectivity index (χ2n) is 7.89. The Labute approximate surface area is 188 Å². The summed E-state index contributed by atoms with van der Waals surface area (Å²) in [7, 11) is 2.03. The second-order valence-corrected chi connectivity index (χ2v) is 8.74. The third-order valence-electron chi connectivity index (χ3n) is 6.17. The van der Waals surface area contributed by atoms with Crippen LogP contribution in [0.3, 0.4) is 0 Å². The molecular formula is C27H17Cl2NO. The van der Waals surface area contributed by atoms with Crippen molar-refractivity contribution in [1.29, 1.82) is 0 Å². The molecule has 1 N–H and O–H groups in total. The molecule has 6 aromatic rings. The van der Waals surface area contributed by atoms with E-state index in [1.165, 1.54) is 0 Å². The van der Waals surface area contributed by atoms with Gasteiger partial charge in [-0.15, -0.1) is 0 Å². The van der Waals surface area contributed by atoms with E-state index >= 15 is 0 Å². The maximum Gasteiger partial charge on any atom is 0.124 e. The molecule has 0 bridgehead atoms. The zero-order valence-corrected chi connectivity index (χ0v) is 18.2. The van der Waals surface area contributed by atoms with E-state index in [4.69, 9.17) is 23.2 Å². The van der Waals surface area contributed by atoms with Crippen LogP contribution in [0.25, 0.3) is 54.5 Å². The van der Waals surface area contributed by atoms with Crippen LogP contribution in [0.4, 0.5) is 0 Å². The second kappa shape index (κ2) is 6.65. The minimum atomic E-state index is 0.250. The number of aryl methyl sites for hydroxylation is 1. The molecule has 150 valence electrons. The lowest BCUT2D eigenvalue weighted by Crippen LogP contribution is -1.90. The third-order valence-corrected chi connectivity index (χ3v) is 6.67. The number of hydrogen-bond donors (Lipinski definition) is 1. The number of phenols is 1. The number of halogens is 2. The zero-order chi connectivity index (χ0) is 21.3. The van der Waals surface area contributed by atoms with Crippen molar-refractivity contribution in [2.24, 2.45) is 7.05 Å². The smallest absolute Gasteiger partial charge is 0.124 e. The van der Waals surface area contributed by atoms with Crippen LogP contribution in [0.1, 0.15) is 0 Å². The van der Waals surface area contributed by atoms with Crippen LogP contribution in [0.15, 0.2) is 78.9 Å². The molecule has 0 radical (unpaired) electrons. The van der Waals surface area contributed by atoms with Crippen LogP contribution in [0.5, 0.6) is 5.75 Å². The van der Waals surface area contributed by atoms with Crippen molar-refractivity contribution in [1.82, 2.24) is 4.57 Å². The van der Waals surface area contributed by atoms with Gasteiger partial charge in [-0.2, -0.15) is 0 Å². The highest BCUT2D eigenvalue weighted by Crippen LogP contribution is 2.47. The first-order chi connectivity index (χ1) is 15.0. The summed E-state index contributed by atoms with van der Waals surface area (Å²) in [6.07, 6.45) is 0. The molecule has 31 heavy (non-hydrogen) atoms. The number of phenolic OH excluding ortho intramolecular Hbond substituents is 1. The average molecular weight is 442 g/mol. The van der Waals surface area contributed by atoms with Crippen molar-refractivity contribution in [3.63, 3.8) is 0 Å². The van der Waals surface area contributed by atoms with Crippen LogP contribution < -0.4 is 0 Å². The molecule has 5 aromatic carbocycles. The summed E-state index contributed by atoms with van der Waals surface area (Å²) >= 11 is 13.1. The monoisotopic (exact) mass is 441 g/mol. The van der Waals surface area contributed by atoms with Crippen LogP contribution in [-0.2, 0) is 7.05 Å². The number of nitrogens with zero attached hydrogens (tertiary/aromatic N) is 1. The van der Waals surface area contributed by atoms with Gasteiger partial charge in [0.25, 0.3) is 0 Å². The molecule has 0 spiro atoms. The van der Waals surface area contributed by atoms with Crippen molar-refractivity contribution < 1.29 is 5.11 Å². The van der Waals surface area contributed by atoms with Crippen LogP contribution >= 0.6 is 23.2 Å². The summed E-state index contributed by atoms with van der Waals surface area (Å²) in [5.74, 6) is 0.250. The largest absolute Gasteiger partial charge is 0.507 e. The van der Waals surface area contributed by atoms with Crippen LogP contribution in [0.2, 0.25) is 10.0 Å². The lowest BCUT2D eigenvalue weighted by molar-refractivity contribution is 0.478. The Morgan fingerprint density at radius 1 is 0.710 bits per heavy atom. The van der Waals surface area contributed by atoms with Gasteiger partial charge in [-0.25, -0.2) is 0 Å². The Morgan fingerprint density at radius 2 is 1.42 bits per heavy atom. The predicted octanol–water partition coefficient (Wildman–Crippen LogP) is 8.32. The van der Waals surface area contributed by atoms with E-state index in [-0.39, 0.29) is 5.75 Å². The molecule has 0 unspecified atom stereocenters. The molecule has 0 amide bonds. The molecular weight excluding hydrogens is 425 g/mol. The molecule has 0 saturated heterocycles. The molecule has 0 aliphatic rings. The van der Waals surface area contributed by atoms with Gasteiger partial charge in [-0.05, 0) is 46.0 Å². The topological polar surface area (TPSA) is 25.2 Å². The number of hydrogen-bond acceptors (Lipinski definition) is 1. The normalized spacial score (nSPS) is 11.8. The van der Waals surface area contributed by atoms with E-state index in [1.54, 1.807) is 12.1 Å². The van der Waals surface area contributed by atoms with E-state index < -0.39 is 0 Å². The maximum atomic E-state index is 11.0. The van der Waals surface area contributed by atoms with Crippen LogP contribution in [0, 0.1) is 0 Å². The highest BCUT2D eigenvalue weighted by atomic mass is 35.5. The van der Waals surface area contributed by atoms with Gasteiger partial charge in [-0.3, -0.25) is 0 Å². The van der Waals surface area contributed by atoms with E-state index in [0.29, 0.717) is 10.0 Å². The molecule has 1 heterocycles. The summed E-state index contributed by atoms with van der Waals surface area (Å²) < 4.78 is 2.14. The van der Waals surface area contributed by atoms with Crippen molar-refractivity contribution in [3.8, 4) is 16.9 Å². The minimum absolute atomic E-state index is 0.250. The third kappa shape index (κ3) is 2.59. The molecule has 0 fully saturated rings. The van der Waals surface area contributed by atoms with E-state index in [2.05, 4.69) is 34.9 Å². The molecule has 0 saturated carbocycles. The number of fused-ring (bicyclic) bond motifs is 6. The molecule has 0 aliphatic heterocycles. The zero-order valence-electron chi connectivity index (χ0n) is 16.7. The molecule has 4 heteroatoms. The van der Waals surface area contributed by atoms with Gasteiger partial charge < -0.3 is 9.67 Å². The molecule has 2 nitrogen and oxygen atoms in total. The van der Waals surface area contributed by atoms with E-state index in [1.807, 2.05) is 43.4 Å². The van der Waals surface area contributed by atoms with Gasteiger partial charge in [0, 0.05) is 33.8 Å². The molecule has 0 atom stereocenters. The van der Waals surface area contributed by atoms with Crippen LogP contribution in [-0.4, -0.2) is 9.67 Å². The van der Waals surface area contributed by atoms with Gasteiger partial charge in [0.2, 0.25) is 0 Å². The van der Waals surface area contributed by atoms with Gasteiger partial charge in [0.15, 0.2) is 0 Å². The fourth-order valence-electron chi connectivity index (χ4n) is 4.90. The van der Waals surface area contributed by atoms with Crippen molar-refractivity contribution in [2.75, 3.05) is 0 Å². The number of aromatic hydroxyl groups is 1. The number of aromatic nitrogens is 1. The summed E-state index contributed by atoms with van der Waals surface area (Å²) in [5.41, 5.74) is 3.78. The van der Waals surface area contributed by atoms with Crippen molar-refractivity contribution in [2.45, 2.75) is 0 Å². The van der Waals surface area contributed by atoms with Gasteiger partial charge in [0.1, 0.15) is 5.75 Å². The molecule has 1 aromatic heterocycles. The van der Waals surface area contributed by atoms with Gasteiger partial charge in [0.05, 0.1) is 16.1 Å². The fourth-order valence-corrected chi connectivity index (χ4v) is 5.52. The Morgan fingerprint density at radius 3 is 2.23 bits per heavy atom. The quantitative estimate of drug-likeness (QED) is 0.272. The summed E-state index contributed by atoms with van der Waals surface area (Å²) in [6, 6.07) is 26.1. The Hall–Kier alpha value is -3.20. The standard InChI is InChI=1S/C27H17Cl2NO/c1-30-26-21(13-17(28)14-22(26)29)25-20(12-16-7-3-5-9-19(16)27(25)30)24-18-8-4-2-6-15(18)10-11-23(24)31/h2-14,31H,1H3.